The second-order valence-corrected chi connectivity index (χ2v) is 5.74. The number of unbranched alkanes of at least 4 members (excludes halogenated alkanes) is 1. The lowest BCUT2D eigenvalue weighted by atomic mass is 10.1. The van der Waals surface area contributed by atoms with Crippen LogP contribution in [0.2, 0.25) is 0 Å². The van der Waals surface area contributed by atoms with Crippen LogP contribution in [-0.4, -0.2) is 19.2 Å². The van der Waals surface area contributed by atoms with Crippen molar-refractivity contribution < 1.29 is 14.4 Å². The Hall–Kier alpha value is -2.59. The highest BCUT2D eigenvalue weighted by molar-refractivity contribution is 5.81. The molecule has 0 aliphatic rings. The molecule has 0 amide bonds. The molecule has 2 rings (SSSR count). The number of para-hydroxylation sites is 1. The molecule has 4 nitrogen and oxygen atoms in total. The van der Waals surface area contributed by atoms with E-state index in [1.807, 2.05) is 36.4 Å². The molecule has 0 aliphatic heterocycles. The molecule has 4 heteroatoms. The summed E-state index contributed by atoms with van der Waals surface area (Å²) >= 11 is 0. The van der Waals surface area contributed by atoms with Crippen molar-refractivity contribution in [1.29, 1.82) is 0 Å². The molecule has 0 radical (unpaired) electrons. The van der Waals surface area contributed by atoms with Crippen LogP contribution in [0.25, 0.3) is 0 Å². The van der Waals surface area contributed by atoms with Gasteiger partial charge in [0.25, 0.3) is 0 Å². The van der Waals surface area contributed by atoms with Gasteiger partial charge in [0.1, 0.15) is 6.10 Å². The Balaban J connectivity index is 1.80. The summed E-state index contributed by atoms with van der Waals surface area (Å²) < 4.78 is 4.65. The highest BCUT2D eigenvalue weighted by atomic mass is 16.7. The summed E-state index contributed by atoms with van der Waals surface area (Å²) in [6.07, 6.45) is 6.89. The van der Waals surface area contributed by atoms with E-state index in [0.29, 0.717) is 0 Å². The van der Waals surface area contributed by atoms with Crippen LogP contribution in [0.15, 0.2) is 72.8 Å². The van der Waals surface area contributed by atoms with Gasteiger partial charge in [-0.25, -0.2) is 4.79 Å². The van der Waals surface area contributed by atoms with Crippen molar-refractivity contribution in [3.63, 3.8) is 0 Å². The summed E-state index contributed by atoms with van der Waals surface area (Å²) in [6.45, 7) is 0. The molecule has 0 aliphatic carbocycles. The molecule has 0 aromatic heterocycles. The van der Waals surface area contributed by atoms with Gasteiger partial charge in [-0.3, -0.25) is 10.3 Å². The first-order valence-corrected chi connectivity index (χ1v) is 8.54. The maximum Gasteiger partial charge on any atom is 0.330 e. The van der Waals surface area contributed by atoms with Gasteiger partial charge in [0.2, 0.25) is 0 Å². The van der Waals surface area contributed by atoms with Crippen molar-refractivity contribution in [2.24, 2.45) is 0 Å². The van der Waals surface area contributed by atoms with Crippen molar-refractivity contribution >= 4 is 11.7 Å². The third kappa shape index (κ3) is 7.68. The lowest BCUT2D eigenvalue weighted by Crippen LogP contribution is -2.15. The summed E-state index contributed by atoms with van der Waals surface area (Å²) in [4.78, 5) is 17.1. The number of carbonyl (C=O) groups excluding carboxylic acids is 1. The van der Waals surface area contributed by atoms with Gasteiger partial charge < -0.3 is 4.74 Å². The fraction of sp³-hybridized carbons (Fsp3) is 0.286. The van der Waals surface area contributed by atoms with Crippen LogP contribution in [0, 0.1) is 0 Å². The molecule has 0 unspecified atom stereocenters. The Morgan fingerprint density at radius 3 is 2.40 bits per heavy atom. The average molecular weight is 339 g/mol. The normalized spacial score (nSPS) is 12.0. The first-order valence-electron chi connectivity index (χ1n) is 8.54. The maximum atomic E-state index is 11.3. The van der Waals surface area contributed by atoms with E-state index < -0.39 is 0 Å². The monoisotopic (exact) mass is 339 g/mol. The van der Waals surface area contributed by atoms with Gasteiger partial charge in [-0.05, 0) is 43.0 Å². The fourth-order valence-electron chi connectivity index (χ4n) is 2.42. The van der Waals surface area contributed by atoms with E-state index >= 15 is 0 Å². The van der Waals surface area contributed by atoms with E-state index in [1.54, 1.807) is 6.08 Å². The van der Waals surface area contributed by atoms with Crippen molar-refractivity contribution in [1.82, 2.24) is 0 Å². The summed E-state index contributed by atoms with van der Waals surface area (Å²) in [5.41, 5.74) is 5.16. The number of anilines is 1. The van der Waals surface area contributed by atoms with E-state index in [-0.39, 0.29) is 12.1 Å². The Bertz CT molecular complexity index is 641. The average Bonchev–Trinajstić information content (AvgIpc) is 2.68. The van der Waals surface area contributed by atoms with Crippen LogP contribution in [0.3, 0.4) is 0 Å². The van der Waals surface area contributed by atoms with Gasteiger partial charge in [0.05, 0.1) is 12.8 Å². The Kier molecular flexibility index (Phi) is 8.29. The van der Waals surface area contributed by atoms with Crippen molar-refractivity contribution in [3.05, 3.63) is 78.4 Å². The molecule has 132 valence electrons. The van der Waals surface area contributed by atoms with Crippen LogP contribution in [0.5, 0.6) is 0 Å². The minimum atomic E-state index is -0.377. The quantitative estimate of drug-likeness (QED) is 0.299. The van der Waals surface area contributed by atoms with Gasteiger partial charge in [0, 0.05) is 6.08 Å². The molecule has 0 heterocycles. The zero-order valence-corrected chi connectivity index (χ0v) is 14.6. The van der Waals surface area contributed by atoms with Crippen molar-refractivity contribution in [3.8, 4) is 0 Å². The number of methoxy groups -OCH3 is 1. The number of esters is 1. The Morgan fingerprint density at radius 1 is 1.04 bits per heavy atom. The molecule has 0 saturated heterocycles. The Morgan fingerprint density at radius 2 is 1.72 bits per heavy atom. The molecule has 0 fully saturated rings. The summed E-state index contributed by atoms with van der Waals surface area (Å²) in [5, 5.41) is 0. The number of benzene rings is 2. The first kappa shape index (κ1) is 18.7. The maximum absolute atomic E-state index is 11.3. The first-order chi connectivity index (χ1) is 12.3. The van der Waals surface area contributed by atoms with E-state index in [9.17, 15) is 4.79 Å². The second-order valence-electron chi connectivity index (χ2n) is 5.74. The van der Waals surface area contributed by atoms with Crippen LogP contribution in [0.1, 0.15) is 24.8 Å². The summed E-state index contributed by atoms with van der Waals surface area (Å²) in [6, 6.07) is 20.1. The molecule has 25 heavy (non-hydrogen) atoms. The van der Waals surface area contributed by atoms with Crippen molar-refractivity contribution in [2.45, 2.75) is 31.8 Å². The standard InChI is InChI=1S/C21H25NO3/c1-24-21(23)17-16-20(25-22-19-13-6-3-7-14-19)15-9-8-12-18-10-4-2-5-11-18/h2-7,10-11,13-14,16-17,20,22H,8-9,12,15H2,1H3/b17-16+/t20-/m1/s1. The van der Waals surface area contributed by atoms with E-state index in [4.69, 9.17) is 4.84 Å². The van der Waals surface area contributed by atoms with Gasteiger partial charge in [-0.15, -0.1) is 0 Å². The number of rotatable bonds is 10. The summed E-state index contributed by atoms with van der Waals surface area (Å²) in [5.74, 6) is -0.377. The molecule has 2 aromatic rings. The van der Waals surface area contributed by atoms with Gasteiger partial charge in [0.15, 0.2) is 0 Å². The molecule has 0 saturated carbocycles. The summed E-state index contributed by atoms with van der Waals surface area (Å²) in [7, 11) is 1.37. The number of hydrogen-bond donors (Lipinski definition) is 1. The minimum Gasteiger partial charge on any atom is -0.466 e. The molecule has 0 spiro atoms. The van der Waals surface area contributed by atoms with E-state index in [0.717, 1.165) is 31.4 Å². The molecule has 2 aromatic carbocycles. The molecular formula is C21H25NO3. The van der Waals surface area contributed by atoms with Crippen LogP contribution >= 0.6 is 0 Å². The number of aryl methyl sites for hydroxylation is 1. The third-order valence-electron chi connectivity index (χ3n) is 3.80. The zero-order chi connectivity index (χ0) is 17.7. The van der Waals surface area contributed by atoms with Gasteiger partial charge >= 0.3 is 5.97 Å². The number of nitrogens with one attached hydrogen (secondary N) is 1. The minimum absolute atomic E-state index is 0.199. The number of hydrogen-bond acceptors (Lipinski definition) is 4. The topological polar surface area (TPSA) is 47.6 Å². The SMILES string of the molecule is COC(=O)/C=C/[C@@H](CCCCc1ccccc1)ONc1ccccc1. The van der Waals surface area contributed by atoms with Crippen LogP contribution in [0.4, 0.5) is 5.69 Å². The van der Waals surface area contributed by atoms with E-state index in [2.05, 4.69) is 34.5 Å². The molecule has 1 N–H and O–H groups in total. The largest absolute Gasteiger partial charge is 0.466 e. The van der Waals surface area contributed by atoms with Crippen LogP contribution < -0.4 is 5.48 Å². The van der Waals surface area contributed by atoms with Gasteiger partial charge in [-0.2, -0.15) is 0 Å². The highest BCUT2D eigenvalue weighted by Crippen LogP contribution is 2.13. The Labute approximate surface area is 149 Å². The number of carbonyl (C=O) groups is 1. The third-order valence-corrected chi connectivity index (χ3v) is 3.80. The lowest BCUT2D eigenvalue weighted by molar-refractivity contribution is -0.134. The highest BCUT2D eigenvalue weighted by Gasteiger charge is 2.07. The van der Waals surface area contributed by atoms with Gasteiger partial charge in [-0.1, -0.05) is 55.0 Å². The van der Waals surface area contributed by atoms with Crippen molar-refractivity contribution in [2.75, 3.05) is 12.6 Å². The predicted molar refractivity (Wildman–Crippen MR) is 100 cm³/mol. The predicted octanol–water partition coefficient (Wildman–Crippen LogP) is 4.54. The fourth-order valence-corrected chi connectivity index (χ4v) is 2.42. The molecule has 1 atom stereocenters. The lowest BCUT2D eigenvalue weighted by Gasteiger charge is -2.15. The molecular weight excluding hydrogens is 314 g/mol. The molecule has 0 bridgehead atoms. The van der Waals surface area contributed by atoms with E-state index in [1.165, 1.54) is 18.7 Å². The number of ether oxygens (including phenoxy) is 1. The van der Waals surface area contributed by atoms with Crippen LogP contribution in [-0.2, 0) is 20.8 Å². The zero-order valence-electron chi connectivity index (χ0n) is 14.6. The second kappa shape index (κ2) is 11.0. The smallest absolute Gasteiger partial charge is 0.330 e.